The van der Waals surface area contributed by atoms with E-state index in [1.807, 2.05) is 27.7 Å². The molecule has 0 atom stereocenters. The maximum atomic E-state index is 12.4. The molecule has 0 bridgehead atoms. The Labute approximate surface area is 85.7 Å². The summed E-state index contributed by atoms with van der Waals surface area (Å²) in [6.45, 7) is 9.68. The van der Waals surface area contributed by atoms with Crippen molar-refractivity contribution in [3.63, 3.8) is 0 Å². The smallest absolute Gasteiger partial charge is 0.126 e. The van der Waals surface area contributed by atoms with E-state index in [0.29, 0.717) is 10.6 Å². The molecule has 1 rings (SSSR count). The van der Waals surface area contributed by atoms with Crippen LogP contribution in [-0.4, -0.2) is 0 Å². The number of hydrogen-bond acceptors (Lipinski definition) is 0. The molecule has 0 fully saturated rings. The highest BCUT2D eigenvalue weighted by atomic mass is 35.5. The van der Waals surface area contributed by atoms with Gasteiger partial charge >= 0.3 is 0 Å². The predicted octanol–water partition coefficient (Wildman–Crippen LogP) is 4.84. The van der Waals surface area contributed by atoms with Crippen LogP contribution in [0.1, 0.15) is 33.3 Å². The van der Waals surface area contributed by atoms with Gasteiger partial charge in [-0.1, -0.05) is 39.3 Å². The van der Waals surface area contributed by atoms with Crippen molar-refractivity contribution in [1.82, 2.24) is 0 Å². The quantitative estimate of drug-likeness (QED) is 0.567. The van der Waals surface area contributed by atoms with Crippen molar-refractivity contribution in [2.24, 2.45) is 0 Å². The van der Waals surface area contributed by atoms with Crippen molar-refractivity contribution in [1.29, 1.82) is 0 Å². The molecule has 0 nitrogen and oxygen atoms in total. The van der Waals surface area contributed by atoms with Crippen LogP contribution in [0.2, 0.25) is 5.02 Å². The van der Waals surface area contributed by atoms with Crippen LogP contribution in [0.4, 0.5) is 4.39 Å². The summed E-state index contributed by atoms with van der Waals surface area (Å²) < 4.78 is 12.4. The van der Waals surface area contributed by atoms with Gasteiger partial charge in [-0.15, -0.1) is 0 Å². The van der Waals surface area contributed by atoms with Gasteiger partial charge in [-0.2, -0.15) is 0 Å². The van der Waals surface area contributed by atoms with E-state index in [4.69, 9.17) is 11.6 Å². The predicted molar refractivity (Wildman–Crippen MR) is 58.8 cm³/mol. The summed E-state index contributed by atoms with van der Waals surface area (Å²) in [5.74, 6) is -0.209. The number of aryl methyl sites for hydroxylation is 1. The van der Waals surface area contributed by atoms with Gasteiger partial charge in [0.2, 0.25) is 0 Å². The molecule has 2 heteroatoms. The van der Waals surface area contributed by atoms with Gasteiger partial charge in [-0.25, -0.2) is 4.39 Å². The Hall–Kier alpha value is -0.560. The van der Waals surface area contributed by atoms with E-state index < -0.39 is 0 Å². The van der Waals surface area contributed by atoms with Crippen LogP contribution in [0.15, 0.2) is 18.2 Å². The Morgan fingerprint density at radius 1 is 1.08 bits per heavy atom. The maximum absolute atomic E-state index is 12.4. The van der Waals surface area contributed by atoms with Gasteiger partial charge in [0.05, 0.1) is 0 Å². The average Bonchev–Trinajstić information content (AvgIpc) is 2.18. The van der Waals surface area contributed by atoms with E-state index in [2.05, 4.69) is 0 Å². The molecule has 76 valence electrons. The fourth-order valence-corrected chi connectivity index (χ4v) is 0.835. The zero-order valence-corrected chi connectivity index (χ0v) is 9.74. The first-order valence-corrected chi connectivity index (χ1v) is 4.99. The molecule has 0 aliphatic heterocycles. The second-order valence-corrected chi connectivity index (χ2v) is 2.33. The summed E-state index contributed by atoms with van der Waals surface area (Å²) in [4.78, 5) is 0. The minimum Gasteiger partial charge on any atom is -0.207 e. The first-order valence-electron chi connectivity index (χ1n) is 4.62. The number of halogens is 2. The second-order valence-electron chi connectivity index (χ2n) is 1.89. The highest BCUT2D eigenvalue weighted by molar-refractivity contribution is 6.30. The van der Waals surface area contributed by atoms with Crippen molar-refractivity contribution >= 4 is 11.6 Å². The maximum Gasteiger partial charge on any atom is 0.126 e. The Bertz CT molecular complexity index is 221. The van der Waals surface area contributed by atoms with Gasteiger partial charge < -0.3 is 0 Å². The molecule has 13 heavy (non-hydrogen) atoms. The molecule has 0 aromatic heterocycles. The van der Waals surface area contributed by atoms with Gasteiger partial charge in [0.25, 0.3) is 0 Å². The number of rotatable bonds is 0. The SMILES string of the molecule is CC.CC.Cc1cc(Cl)ccc1F. The molecular formula is C11H18ClF. The molecule has 1 aromatic carbocycles. The summed E-state index contributed by atoms with van der Waals surface area (Å²) in [6, 6.07) is 4.48. The van der Waals surface area contributed by atoms with E-state index in [9.17, 15) is 4.39 Å². The Morgan fingerprint density at radius 3 is 1.85 bits per heavy atom. The van der Waals surface area contributed by atoms with E-state index in [1.165, 1.54) is 12.1 Å². The molecule has 0 aliphatic carbocycles. The third kappa shape index (κ3) is 6.59. The lowest BCUT2D eigenvalue weighted by Crippen LogP contribution is -1.78. The minimum atomic E-state index is -0.209. The van der Waals surface area contributed by atoms with Gasteiger partial charge in [0.15, 0.2) is 0 Å². The molecule has 0 heterocycles. The zero-order valence-electron chi connectivity index (χ0n) is 8.99. The van der Waals surface area contributed by atoms with Gasteiger partial charge in [-0.05, 0) is 30.7 Å². The van der Waals surface area contributed by atoms with Crippen LogP contribution in [0.3, 0.4) is 0 Å². The van der Waals surface area contributed by atoms with E-state index in [-0.39, 0.29) is 5.82 Å². The van der Waals surface area contributed by atoms with Crippen LogP contribution in [0, 0.1) is 12.7 Å². The second kappa shape index (κ2) is 9.53. The molecule has 1 aromatic rings. The molecule has 0 unspecified atom stereocenters. The van der Waals surface area contributed by atoms with Gasteiger partial charge in [0.1, 0.15) is 5.82 Å². The summed E-state index contributed by atoms with van der Waals surface area (Å²) in [6.07, 6.45) is 0. The van der Waals surface area contributed by atoms with E-state index >= 15 is 0 Å². The van der Waals surface area contributed by atoms with Crippen molar-refractivity contribution < 1.29 is 4.39 Å². The molecule has 0 saturated carbocycles. The highest BCUT2D eigenvalue weighted by Crippen LogP contribution is 2.12. The topological polar surface area (TPSA) is 0 Å². The first kappa shape index (κ1) is 14.9. The van der Waals surface area contributed by atoms with Crippen molar-refractivity contribution in [3.05, 3.63) is 34.6 Å². The fraction of sp³-hybridized carbons (Fsp3) is 0.455. The monoisotopic (exact) mass is 204 g/mol. The normalized spacial score (nSPS) is 7.62. The zero-order chi connectivity index (χ0) is 10.9. The third-order valence-electron chi connectivity index (χ3n) is 1.12. The summed E-state index contributed by atoms with van der Waals surface area (Å²) in [7, 11) is 0. The largest absolute Gasteiger partial charge is 0.207 e. The average molecular weight is 205 g/mol. The van der Waals surface area contributed by atoms with Crippen LogP contribution in [-0.2, 0) is 0 Å². The van der Waals surface area contributed by atoms with E-state index in [0.717, 1.165) is 0 Å². The van der Waals surface area contributed by atoms with Crippen LogP contribution < -0.4 is 0 Å². The summed E-state index contributed by atoms with van der Waals surface area (Å²) >= 11 is 5.55. The molecule has 0 radical (unpaired) electrons. The van der Waals surface area contributed by atoms with Crippen molar-refractivity contribution in [3.8, 4) is 0 Å². The molecule has 0 amide bonds. The molecule has 0 spiro atoms. The lowest BCUT2D eigenvalue weighted by Gasteiger charge is -1.93. The summed E-state index contributed by atoms with van der Waals surface area (Å²) in [5.41, 5.74) is 0.586. The standard InChI is InChI=1S/C7H6ClF.2C2H6/c1-5-4-6(8)2-3-7(5)9;2*1-2/h2-4H,1H3;2*1-2H3. The number of hydrogen-bond donors (Lipinski definition) is 0. The van der Waals surface area contributed by atoms with Gasteiger partial charge in [-0.3, -0.25) is 0 Å². The molecular weight excluding hydrogens is 187 g/mol. The molecule has 0 aliphatic rings. The van der Waals surface area contributed by atoms with Crippen LogP contribution in [0.25, 0.3) is 0 Å². The highest BCUT2D eigenvalue weighted by Gasteiger charge is 1.94. The van der Waals surface area contributed by atoms with Crippen molar-refractivity contribution in [2.75, 3.05) is 0 Å². The molecule has 0 saturated heterocycles. The lowest BCUT2D eigenvalue weighted by atomic mass is 10.2. The van der Waals surface area contributed by atoms with Crippen LogP contribution >= 0.6 is 11.6 Å². The fourth-order valence-electron chi connectivity index (χ4n) is 0.608. The lowest BCUT2D eigenvalue weighted by molar-refractivity contribution is 0.618. The van der Waals surface area contributed by atoms with Crippen LogP contribution in [0.5, 0.6) is 0 Å². The third-order valence-corrected chi connectivity index (χ3v) is 1.36. The summed E-state index contributed by atoms with van der Waals surface area (Å²) in [5, 5.41) is 0.578. The first-order chi connectivity index (χ1) is 6.20. The Kier molecular flexibility index (Phi) is 10.9. The Balaban J connectivity index is 0. The molecule has 0 N–H and O–H groups in total. The number of benzene rings is 1. The van der Waals surface area contributed by atoms with E-state index in [1.54, 1.807) is 13.0 Å². The van der Waals surface area contributed by atoms with Gasteiger partial charge in [0, 0.05) is 5.02 Å². The minimum absolute atomic E-state index is 0.209. The van der Waals surface area contributed by atoms with Crippen molar-refractivity contribution in [2.45, 2.75) is 34.6 Å². The Morgan fingerprint density at radius 2 is 1.54 bits per heavy atom.